The minimum Gasteiger partial charge on any atom is -0.481 e. The lowest BCUT2D eigenvalue weighted by Gasteiger charge is -2.38. The summed E-state index contributed by atoms with van der Waals surface area (Å²) in [6, 6.07) is 5.42. The number of hydrogen-bond acceptors (Lipinski definition) is 11. The quantitative estimate of drug-likeness (QED) is 0.357. The van der Waals surface area contributed by atoms with Gasteiger partial charge >= 0.3 is 6.09 Å². The first-order valence-electron chi connectivity index (χ1n) is 15.3. The first kappa shape index (κ1) is 44.5. The van der Waals surface area contributed by atoms with Crippen LogP contribution in [0.3, 0.4) is 0 Å². The van der Waals surface area contributed by atoms with Crippen LogP contribution in [0.5, 0.6) is 11.8 Å². The number of alkyl halides is 2. The normalized spacial score (nSPS) is 18.6. The largest absolute Gasteiger partial charge is 0.481 e. The van der Waals surface area contributed by atoms with E-state index in [1.54, 1.807) is 20.8 Å². The average molecular weight is 778 g/mol. The maximum absolute atomic E-state index is 15.4. The number of sulfone groups is 2. The van der Waals surface area contributed by atoms with E-state index in [2.05, 4.69) is 15.3 Å². The number of methoxy groups -OCH3 is 2. The zero-order valence-electron chi connectivity index (χ0n) is 28.8. The summed E-state index contributed by atoms with van der Waals surface area (Å²) < 4.78 is 96.0. The average Bonchev–Trinajstić information content (AvgIpc) is 3.04. The molecule has 2 aliphatic heterocycles. The number of ether oxygens (including phenoxy) is 3. The van der Waals surface area contributed by atoms with E-state index in [4.69, 9.17) is 14.2 Å². The van der Waals surface area contributed by atoms with Gasteiger partial charge in [-0.1, -0.05) is 0 Å². The molecule has 2 aliphatic rings. The van der Waals surface area contributed by atoms with Crippen LogP contribution >= 0.6 is 24.8 Å². The number of nitrogens with one attached hydrogen (secondary N) is 1. The van der Waals surface area contributed by atoms with E-state index in [-0.39, 0.29) is 66.4 Å². The van der Waals surface area contributed by atoms with Crippen molar-refractivity contribution in [3.05, 3.63) is 36.7 Å². The van der Waals surface area contributed by atoms with Crippen molar-refractivity contribution < 1.29 is 44.6 Å². The van der Waals surface area contributed by atoms with Crippen LogP contribution in [0.2, 0.25) is 0 Å². The third-order valence-corrected chi connectivity index (χ3v) is 12.9. The van der Waals surface area contributed by atoms with E-state index < -0.39 is 53.2 Å². The Bertz CT molecular complexity index is 1560. The molecular weight excluding hydrogens is 729 g/mol. The van der Waals surface area contributed by atoms with Crippen LogP contribution in [0.4, 0.5) is 13.6 Å². The molecule has 0 bridgehead atoms. The minimum absolute atomic E-state index is 0. The second-order valence-electron chi connectivity index (χ2n) is 12.8. The number of halogens is 4. The summed E-state index contributed by atoms with van der Waals surface area (Å²) in [6.45, 7) is 9.32. The number of nitrogens with zero attached hydrogens (tertiary/aromatic N) is 3. The molecule has 0 saturated carbocycles. The molecule has 2 atom stereocenters. The van der Waals surface area contributed by atoms with Crippen molar-refractivity contribution in [2.75, 3.05) is 40.4 Å². The van der Waals surface area contributed by atoms with Crippen molar-refractivity contribution >= 4 is 50.6 Å². The maximum atomic E-state index is 15.4. The Labute approximate surface area is 300 Å². The van der Waals surface area contributed by atoms with Gasteiger partial charge in [-0.25, -0.2) is 40.4 Å². The summed E-state index contributed by atoms with van der Waals surface area (Å²) >= 11 is 0. The molecule has 0 radical (unpaired) electrons. The maximum Gasteiger partial charge on any atom is 0.410 e. The molecule has 1 amide bonds. The third kappa shape index (κ3) is 10.5. The molecule has 12 nitrogen and oxygen atoms in total. The van der Waals surface area contributed by atoms with Crippen LogP contribution in [-0.2, 0) is 24.4 Å². The van der Waals surface area contributed by atoms with Crippen LogP contribution in [-0.4, -0.2) is 93.8 Å². The van der Waals surface area contributed by atoms with Crippen LogP contribution in [0.25, 0.3) is 0 Å². The molecule has 4 rings (SSSR count). The van der Waals surface area contributed by atoms with Gasteiger partial charge in [0.1, 0.15) is 5.60 Å². The van der Waals surface area contributed by atoms with Crippen molar-refractivity contribution in [3.63, 3.8) is 0 Å². The molecule has 0 aliphatic carbocycles. The van der Waals surface area contributed by atoms with Crippen molar-refractivity contribution in [2.24, 2.45) is 11.8 Å². The van der Waals surface area contributed by atoms with Crippen LogP contribution in [0, 0.1) is 11.8 Å². The van der Waals surface area contributed by atoms with Gasteiger partial charge in [-0.3, -0.25) is 0 Å². The zero-order chi connectivity index (χ0) is 35.3. The molecule has 280 valence electrons. The van der Waals surface area contributed by atoms with Gasteiger partial charge in [-0.2, -0.15) is 0 Å². The van der Waals surface area contributed by atoms with Crippen molar-refractivity contribution in [2.45, 2.75) is 85.7 Å². The molecule has 49 heavy (non-hydrogen) atoms. The molecule has 18 heteroatoms. The summed E-state index contributed by atoms with van der Waals surface area (Å²) in [7, 11) is -5.48. The number of pyridine rings is 2. The summed E-state index contributed by atoms with van der Waals surface area (Å²) in [5, 5.41) is -1.65. The van der Waals surface area contributed by atoms with Crippen LogP contribution in [0.15, 0.2) is 46.5 Å². The predicted octanol–water partition coefficient (Wildman–Crippen LogP) is 5.59. The zero-order valence-corrected chi connectivity index (χ0v) is 32.0. The summed E-state index contributed by atoms with van der Waals surface area (Å²) in [6.07, 6.45) is 3.26. The molecular formula is C31H48Cl2F2N4O8S2. The fourth-order valence-corrected chi connectivity index (χ4v) is 8.58. The third-order valence-electron chi connectivity index (χ3n) is 8.45. The lowest BCUT2D eigenvalue weighted by atomic mass is 9.92. The standard InChI is InChI=1S/C18H27FN2O5S.C13H19FN2O3S.2ClH/c1-17(2,3)26-16(22)21-10-8-13(9-11-21)18(4,19)27(23,24)14-6-7-15(25-5)20-12-14;1-13(14,10-5-7-15-8-6-10)20(17,18)11-3-4-12(19-2)16-9-11;;/h6-7,12-13H,8-11H2,1-5H3;3-4,9-10,15H,5-8H2,1-2H3;2*1H. The van der Waals surface area contributed by atoms with E-state index in [0.29, 0.717) is 31.8 Å². The highest BCUT2D eigenvalue weighted by Crippen LogP contribution is 2.40. The smallest absolute Gasteiger partial charge is 0.410 e. The number of hydrogen-bond donors (Lipinski definition) is 1. The second-order valence-corrected chi connectivity index (χ2v) is 17.4. The highest BCUT2D eigenvalue weighted by Gasteiger charge is 2.49. The fourth-order valence-electron chi connectivity index (χ4n) is 5.43. The van der Waals surface area contributed by atoms with E-state index in [0.717, 1.165) is 26.2 Å². The Kier molecular flexibility index (Phi) is 16.0. The van der Waals surface area contributed by atoms with Crippen LogP contribution in [0.1, 0.15) is 60.3 Å². The Morgan fingerprint density at radius 3 is 1.47 bits per heavy atom. The fraction of sp³-hybridized carbons (Fsp3) is 0.645. The number of carbonyl (C=O) groups excluding carboxylic acids is 1. The van der Waals surface area contributed by atoms with Crippen molar-refractivity contribution in [1.29, 1.82) is 0 Å². The van der Waals surface area contributed by atoms with Gasteiger partial charge in [-0.05, 0) is 85.5 Å². The molecule has 2 aromatic heterocycles. The Morgan fingerprint density at radius 2 is 1.14 bits per heavy atom. The Morgan fingerprint density at radius 1 is 0.755 bits per heavy atom. The summed E-state index contributed by atoms with van der Waals surface area (Å²) in [5.41, 5.74) is -0.618. The van der Waals surface area contributed by atoms with Crippen LogP contribution < -0.4 is 14.8 Å². The predicted molar refractivity (Wildman–Crippen MR) is 186 cm³/mol. The van der Waals surface area contributed by atoms with Crippen molar-refractivity contribution in [3.8, 4) is 11.8 Å². The molecule has 2 saturated heterocycles. The van der Waals surface area contributed by atoms with Crippen molar-refractivity contribution in [1.82, 2.24) is 20.2 Å². The van der Waals surface area contributed by atoms with Gasteiger partial charge in [0.2, 0.25) is 41.4 Å². The van der Waals surface area contributed by atoms with E-state index in [1.807, 2.05) is 0 Å². The molecule has 2 aromatic rings. The number of piperidine rings is 2. The lowest BCUT2D eigenvalue weighted by Crippen LogP contribution is -2.48. The molecule has 2 fully saturated rings. The second kappa shape index (κ2) is 17.6. The van der Waals surface area contributed by atoms with E-state index >= 15 is 4.39 Å². The first-order chi connectivity index (χ1) is 21.8. The number of amides is 1. The number of aromatic nitrogens is 2. The topological polar surface area (TPSA) is 154 Å². The van der Waals surface area contributed by atoms with Gasteiger partial charge in [0.25, 0.3) is 0 Å². The van der Waals surface area contributed by atoms with Gasteiger partial charge in [0.05, 0.1) is 24.0 Å². The Hall–Kier alpha value is -2.53. The summed E-state index contributed by atoms with van der Waals surface area (Å²) in [4.78, 5) is 21.0. The van der Waals surface area contributed by atoms with E-state index in [1.165, 1.54) is 43.4 Å². The highest BCUT2D eigenvalue weighted by atomic mass is 35.5. The van der Waals surface area contributed by atoms with E-state index in [9.17, 15) is 26.0 Å². The molecule has 2 unspecified atom stereocenters. The highest BCUT2D eigenvalue weighted by molar-refractivity contribution is 7.93. The molecule has 4 heterocycles. The summed E-state index contributed by atoms with van der Waals surface area (Å²) in [5.74, 6) is -0.689. The monoisotopic (exact) mass is 776 g/mol. The molecule has 0 spiro atoms. The lowest BCUT2D eigenvalue weighted by molar-refractivity contribution is 0.0130. The van der Waals surface area contributed by atoms with Gasteiger partial charge in [-0.15, -0.1) is 24.8 Å². The van der Waals surface area contributed by atoms with Gasteiger partial charge in [0, 0.05) is 49.5 Å². The number of rotatable bonds is 8. The number of carbonyl (C=O) groups is 1. The Balaban J connectivity index is 0.000000489. The molecule has 1 N–H and O–H groups in total. The first-order valence-corrected chi connectivity index (χ1v) is 18.3. The van der Waals surface area contributed by atoms with Gasteiger partial charge in [0.15, 0.2) is 0 Å². The number of likely N-dealkylation sites (tertiary alicyclic amines) is 1. The minimum atomic E-state index is -4.25. The SMILES string of the molecule is COc1ccc(S(=O)(=O)C(C)(F)C2CCN(C(=O)OC(C)(C)C)CC2)cn1.COc1ccc(S(=O)(=O)C(C)(F)C2CCNCC2)cn1.Cl.Cl. The molecule has 0 aromatic carbocycles. The van der Waals surface area contributed by atoms with Gasteiger partial charge < -0.3 is 24.4 Å².